The Labute approximate surface area is 135 Å². The van der Waals surface area contributed by atoms with E-state index in [2.05, 4.69) is 33.5 Å². The first-order chi connectivity index (χ1) is 9.64. The number of halogens is 1. The number of benzene rings is 1. The van der Waals surface area contributed by atoms with Gasteiger partial charge in [-0.2, -0.15) is 0 Å². The summed E-state index contributed by atoms with van der Waals surface area (Å²) < 4.78 is 6.80. The third-order valence-electron chi connectivity index (χ3n) is 3.05. The lowest BCUT2D eigenvalue weighted by Gasteiger charge is -2.25. The van der Waals surface area contributed by atoms with Gasteiger partial charge >= 0.3 is 0 Å². The van der Waals surface area contributed by atoms with Crippen molar-refractivity contribution in [2.45, 2.75) is 52.3 Å². The summed E-state index contributed by atoms with van der Waals surface area (Å²) in [6.45, 7) is 9.66. The fraction of sp³-hybridized carbons (Fsp3) is 0.562. The van der Waals surface area contributed by atoms with Crippen molar-refractivity contribution >= 4 is 21.8 Å². The van der Waals surface area contributed by atoms with Crippen LogP contribution < -0.4 is 15.4 Å². The van der Waals surface area contributed by atoms with Crippen molar-refractivity contribution in [1.29, 1.82) is 0 Å². The Bertz CT molecular complexity index is 498. The molecular weight excluding hydrogens is 332 g/mol. The predicted octanol–water partition coefficient (Wildman–Crippen LogP) is 3.41. The Kier molecular flexibility index (Phi) is 6.23. The molecule has 1 rings (SSSR count). The quantitative estimate of drug-likeness (QED) is 0.849. The third kappa shape index (κ3) is 5.67. The molecule has 2 unspecified atom stereocenters. The van der Waals surface area contributed by atoms with Crippen LogP contribution in [0.25, 0.3) is 0 Å². The normalized spacial score (nSPS) is 14.4. The van der Waals surface area contributed by atoms with Crippen LogP contribution in [0.3, 0.4) is 0 Å². The maximum absolute atomic E-state index is 12.1. The summed E-state index contributed by atoms with van der Waals surface area (Å²) in [5.41, 5.74) is 0.753. The average molecular weight is 357 g/mol. The lowest BCUT2D eigenvalue weighted by molar-refractivity contribution is -0.128. The summed E-state index contributed by atoms with van der Waals surface area (Å²) in [6.07, 6.45) is -0.554. The first-order valence-electron chi connectivity index (χ1n) is 7.09. The maximum atomic E-state index is 12.1. The van der Waals surface area contributed by atoms with Gasteiger partial charge in [-0.1, -0.05) is 22.0 Å². The van der Waals surface area contributed by atoms with Gasteiger partial charge in [-0.15, -0.1) is 0 Å². The summed E-state index contributed by atoms with van der Waals surface area (Å²) >= 11 is 3.44. The molecule has 4 nitrogen and oxygen atoms in total. The number of carbonyl (C=O) groups is 1. The fourth-order valence-corrected chi connectivity index (χ4v) is 2.18. The second kappa shape index (κ2) is 7.27. The van der Waals surface area contributed by atoms with E-state index in [-0.39, 0.29) is 17.5 Å². The van der Waals surface area contributed by atoms with Gasteiger partial charge in [0, 0.05) is 21.6 Å². The van der Waals surface area contributed by atoms with Gasteiger partial charge in [0.25, 0.3) is 5.91 Å². The Morgan fingerprint density at radius 3 is 2.43 bits per heavy atom. The highest BCUT2D eigenvalue weighted by Gasteiger charge is 2.22. The zero-order valence-corrected chi connectivity index (χ0v) is 15.2. The summed E-state index contributed by atoms with van der Waals surface area (Å²) in [4.78, 5) is 12.1. The Morgan fingerprint density at radius 2 is 1.90 bits per heavy atom. The van der Waals surface area contributed by atoms with Crippen LogP contribution in [-0.2, 0) is 4.79 Å². The monoisotopic (exact) mass is 356 g/mol. The van der Waals surface area contributed by atoms with E-state index in [4.69, 9.17) is 4.74 Å². The van der Waals surface area contributed by atoms with Gasteiger partial charge in [-0.3, -0.25) is 4.79 Å². The van der Waals surface area contributed by atoms with E-state index in [1.807, 2.05) is 46.0 Å². The number of nitrogens with one attached hydrogen (secondary N) is 2. The standard InChI is InChI=1S/C16H25BrN2O2/c1-10(18-6)13-8-7-12(17)9-14(13)21-11(2)15(20)19-16(3,4)5/h7-11,18H,1-6H3,(H,19,20). The smallest absolute Gasteiger partial charge is 0.261 e. The molecule has 0 saturated heterocycles. The Hall–Kier alpha value is -1.07. The SMILES string of the molecule is CNC(C)c1ccc(Br)cc1OC(C)C(=O)NC(C)(C)C. The molecule has 0 heterocycles. The molecular formula is C16H25BrN2O2. The second-order valence-corrected chi connectivity index (χ2v) is 7.11. The highest BCUT2D eigenvalue weighted by atomic mass is 79.9. The number of ether oxygens (including phenoxy) is 1. The molecule has 0 saturated carbocycles. The van der Waals surface area contributed by atoms with E-state index >= 15 is 0 Å². The van der Waals surface area contributed by atoms with E-state index in [0.717, 1.165) is 10.0 Å². The molecule has 0 fully saturated rings. The van der Waals surface area contributed by atoms with Crippen molar-refractivity contribution < 1.29 is 9.53 Å². The zero-order valence-electron chi connectivity index (χ0n) is 13.6. The number of rotatable bonds is 5. The lowest BCUT2D eigenvalue weighted by atomic mass is 10.1. The molecule has 118 valence electrons. The van der Waals surface area contributed by atoms with Crippen LogP contribution in [0.15, 0.2) is 22.7 Å². The van der Waals surface area contributed by atoms with Crippen molar-refractivity contribution in [2.75, 3.05) is 7.05 Å². The van der Waals surface area contributed by atoms with E-state index in [1.165, 1.54) is 0 Å². The van der Waals surface area contributed by atoms with Crippen molar-refractivity contribution in [2.24, 2.45) is 0 Å². The number of carbonyl (C=O) groups excluding carboxylic acids is 1. The average Bonchev–Trinajstić information content (AvgIpc) is 2.36. The molecule has 0 aliphatic rings. The van der Waals surface area contributed by atoms with Crippen LogP contribution in [-0.4, -0.2) is 24.6 Å². The Balaban J connectivity index is 2.91. The van der Waals surface area contributed by atoms with E-state index in [9.17, 15) is 4.79 Å². The first-order valence-corrected chi connectivity index (χ1v) is 7.88. The van der Waals surface area contributed by atoms with Crippen LogP contribution in [0, 0.1) is 0 Å². The molecule has 1 aromatic carbocycles. The molecule has 21 heavy (non-hydrogen) atoms. The third-order valence-corrected chi connectivity index (χ3v) is 3.54. The van der Waals surface area contributed by atoms with Crippen LogP contribution in [0.4, 0.5) is 0 Å². The molecule has 0 aliphatic carbocycles. The Morgan fingerprint density at radius 1 is 1.29 bits per heavy atom. The number of hydrogen-bond acceptors (Lipinski definition) is 3. The highest BCUT2D eigenvalue weighted by molar-refractivity contribution is 9.10. The van der Waals surface area contributed by atoms with Crippen molar-refractivity contribution in [1.82, 2.24) is 10.6 Å². The molecule has 2 N–H and O–H groups in total. The van der Waals surface area contributed by atoms with Gasteiger partial charge in [0.05, 0.1) is 0 Å². The summed E-state index contributed by atoms with van der Waals surface area (Å²) in [7, 11) is 1.90. The molecule has 0 spiro atoms. The van der Waals surface area contributed by atoms with Crippen molar-refractivity contribution in [3.63, 3.8) is 0 Å². The zero-order chi connectivity index (χ0) is 16.2. The van der Waals surface area contributed by atoms with Crippen LogP contribution >= 0.6 is 15.9 Å². The number of amides is 1. The second-order valence-electron chi connectivity index (χ2n) is 6.19. The molecule has 2 atom stereocenters. The summed E-state index contributed by atoms with van der Waals surface area (Å²) in [5.74, 6) is 0.591. The van der Waals surface area contributed by atoms with E-state index in [0.29, 0.717) is 5.75 Å². The van der Waals surface area contributed by atoms with Crippen LogP contribution in [0.1, 0.15) is 46.2 Å². The van der Waals surface area contributed by atoms with Gasteiger partial charge in [-0.05, 0) is 53.8 Å². The fourth-order valence-electron chi connectivity index (χ4n) is 1.84. The van der Waals surface area contributed by atoms with Gasteiger partial charge in [0.2, 0.25) is 0 Å². The molecule has 0 aliphatic heterocycles. The molecule has 1 aromatic rings. The minimum atomic E-state index is -0.554. The van der Waals surface area contributed by atoms with Crippen molar-refractivity contribution in [3.05, 3.63) is 28.2 Å². The number of hydrogen-bond donors (Lipinski definition) is 2. The predicted molar refractivity (Wildman–Crippen MR) is 89.6 cm³/mol. The van der Waals surface area contributed by atoms with E-state index < -0.39 is 6.10 Å². The molecule has 0 aromatic heterocycles. The first kappa shape index (κ1) is 18.0. The van der Waals surface area contributed by atoms with Crippen LogP contribution in [0.5, 0.6) is 5.75 Å². The highest BCUT2D eigenvalue weighted by Crippen LogP contribution is 2.29. The summed E-state index contributed by atoms with van der Waals surface area (Å²) in [5, 5.41) is 6.11. The largest absolute Gasteiger partial charge is 0.481 e. The maximum Gasteiger partial charge on any atom is 0.261 e. The van der Waals surface area contributed by atoms with Gasteiger partial charge in [0.1, 0.15) is 5.75 Å². The molecule has 5 heteroatoms. The minimum absolute atomic E-state index is 0.120. The summed E-state index contributed by atoms with van der Waals surface area (Å²) in [6, 6.07) is 6.00. The minimum Gasteiger partial charge on any atom is -0.481 e. The lowest BCUT2D eigenvalue weighted by Crippen LogP contribution is -2.46. The van der Waals surface area contributed by atoms with Crippen LogP contribution in [0.2, 0.25) is 0 Å². The van der Waals surface area contributed by atoms with Gasteiger partial charge in [-0.25, -0.2) is 0 Å². The topological polar surface area (TPSA) is 50.4 Å². The molecule has 0 radical (unpaired) electrons. The van der Waals surface area contributed by atoms with Gasteiger partial charge in [0.15, 0.2) is 6.10 Å². The molecule has 0 bridgehead atoms. The van der Waals surface area contributed by atoms with Crippen molar-refractivity contribution in [3.8, 4) is 5.75 Å². The molecule has 1 amide bonds. The van der Waals surface area contributed by atoms with Gasteiger partial charge < -0.3 is 15.4 Å². The van der Waals surface area contributed by atoms with E-state index in [1.54, 1.807) is 6.92 Å².